The van der Waals surface area contributed by atoms with E-state index >= 15 is 0 Å². The zero-order valence-electron chi connectivity index (χ0n) is 24.4. The van der Waals surface area contributed by atoms with Gasteiger partial charge in [0.1, 0.15) is 0 Å². The highest BCUT2D eigenvalue weighted by Gasteiger charge is 2.56. The van der Waals surface area contributed by atoms with E-state index in [-0.39, 0.29) is 5.04 Å². The average molecular weight is 509 g/mol. The Kier molecular flexibility index (Phi) is 6.77. The molecule has 4 rings (SSSR count). The van der Waals surface area contributed by atoms with Crippen LogP contribution in [0.4, 0.5) is 0 Å². The van der Waals surface area contributed by atoms with E-state index in [2.05, 4.69) is 142 Å². The lowest BCUT2D eigenvalue weighted by Crippen LogP contribution is -2.73. The summed E-state index contributed by atoms with van der Waals surface area (Å²) in [5, 5.41) is 6.07. The first kappa shape index (κ1) is 26.6. The summed E-state index contributed by atoms with van der Waals surface area (Å²) in [6.45, 7) is 26.2. The fourth-order valence-corrected chi connectivity index (χ4v) is 14.2. The van der Waals surface area contributed by atoms with Crippen molar-refractivity contribution in [1.29, 1.82) is 0 Å². The molecule has 36 heavy (non-hydrogen) atoms. The molecule has 0 fully saturated rings. The minimum Gasteiger partial charge on any atom is -0.0730 e. The van der Waals surface area contributed by atoms with Crippen molar-refractivity contribution in [2.45, 2.75) is 80.1 Å². The summed E-state index contributed by atoms with van der Waals surface area (Å²) in [5.41, 5.74) is 10.0. The highest BCUT2D eigenvalue weighted by atomic mass is 28.3. The number of allylic oxidation sites excluding steroid dienone is 4. The lowest BCUT2D eigenvalue weighted by molar-refractivity contribution is 0.870. The molecule has 0 spiro atoms. The van der Waals surface area contributed by atoms with Crippen LogP contribution in [0.3, 0.4) is 0 Å². The van der Waals surface area contributed by atoms with Gasteiger partial charge in [0.25, 0.3) is 0 Å². The van der Waals surface area contributed by atoms with Gasteiger partial charge in [-0.25, -0.2) is 0 Å². The highest BCUT2D eigenvalue weighted by Crippen LogP contribution is 2.52. The zero-order chi connectivity index (χ0) is 26.6. The molecule has 2 heteroatoms. The third-order valence-electron chi connectivity index (χ3n) is 9.16. The van der Waals surface area contributed by atoms with Crippen molar-refractivity contribution in [1.82, 2.24) is 0 Å². The Labute approximate surface area is 222 Å². The summed E-state index contributed by atoms with van der Waals surface area (Å²) in [6.07, 6.45) is 2.62. The van der Waals surface area contributed by atoms with Gasteiger partial charge in [0, 0.05) is 5.04 Å². The van der Waals surface area contributed by atoms with E-state index in [1.54, 1.807) is 10.4 Å². The molecule has 188 valence electrons. The Morgan fingerprint density at radius 2 is 1.14 bits per heavy atom. The van der Waals surface area contributed by atoms with Crippen molar-refractivity contribution in [2.24, 2.45) is 0 Å². The number of hydrogen-bond donors (Lipinski definition) is 0. The maximum absolute atomic E-state index is 2.62. The number of benzene rings is 3. The predicted molar refractivity (Wildman–Crippen MR) is 166 cm³/mol. The third-order valence-corrected chi connectivity index (χ3v) is 16.8. The molecule has 0 N–H and O–H groups in total. The molecule has 0 nitrogen and oxygen atoms in total. The standard InChI is InChI=1S/C34H44Si2/c1-23-17-31(35(9,10)11)21-32(18-23)36(30-15-13-12-14-16-30,33-19-24(2)27(5)25(3)20-33)34(8)22-26(4)28(6)29(34)7/h12-22H,1-11H3. The lowest BCUT2D eigenvalue weighted by atomic mass is 10.0. The first-order valence-corrected chi connectivity index (χ1v) is 18.9. The fourth-order valence-electron chi connectivity index (χ4n) is 6.50. The van der Waals surface area contributed by atoms with Crippen LogP contribution >= 0.6 is 0 Å². The maximum atomic E-state index is 2.62. The van der Waals surface area contributed by atoms with Gasteiger partial charge < -0.3 is 0 Å². The molecule has 1 aliphatic carbocycles. The van der Waals surface area contributed by atoms with Gasteiger partial charge in [-0.2, -0.15) is 0 Å². The van der Waals surface area contributed by atoms with Crippen molar-refractivity contribution in [3.05, 3.63) is 106 Å². The quantitative estimate of drug-likeness (QED) is 0.257. The first-order chi connectivity index (χ1) is 16.7. The molecule has 2 atom stereocenters. The predicted octanol–water partition coefficient (Wildman–Crippen LogP) is 6.99. The van der Waals surface area contributed by atoms with Crippen LogP contribution in [0.1, 0.15) is 49.9 Å². The van der Waals surface area contributed by atoms with Crippen molar-refractivity contribution in [3.8, 4) is 0 Å². The smallest absolute Gasteiger partial charge is 0.0730 e. The molecule has 0 saturated heterocycles. The van der Waals surface area contributed by atoms with Crippen LogP contribution in [0.15, 0.2) is 83.5 Å². The average Bonchev–Trinajstić information content (AvgIpc) is 3.00. The van der Waals surface area contributed by atoms with Crippen molar-refractivity contribution in [2.75, 3.05) is 0 Å². The normalized spacial score (nSPS) is 19.9. The van der Waals surface area contributed by atoms with Crippen LogP contribution in [0.5, 0.6) is 0 Å². The minimum absolute atomic E-state index is 0.0683. The molecule has 0 heterocycles. The highest BCUT2D eigenvalue weighted by molar-refractivity contribution is 7.14. The summed E-state index contributed by atoms with van der Waals surface area (Å²) in [4.78, 5) is 0. The number of rotatable bonds is 5. The van der Waals surface area contributed by atoms with Crippen LogP contribution < -0.4 is 20.7 Å². The van der Waals surface area contributed by atoms with Crippen LogP contribution in [0, 0.1) is 27.7 Å². The monoisotopic (exact) mass is 508 g/mol. The fraction of sp³-hybridized carbons (Fsp3) is 0.353. The summed E-state index contributed by atoms with van der Waals surface area (Å²) in [6, 6.07) is 24.2. The maximum Gasteiger partial charge on any atom is 0.161 e. The molecule has 3 aromatic carbocycles. The van der Waals surface area contributed by atoms with Gasteiger partial charge in [0.15, 0.2) is 8.07 Å². The zero-order valence-corrected chi connectivity index (χ0v) is 26.4. The van der Waals surface area contributed by atoms with Gasteiger partial charge in [0.05, 0.1) is 8.07 Å². The number of aryl methyl sites for hydroxylation is 3. The van der Waals surface area contributed by atoms with E-state index in [0.29, 0.717) is 0 Å². The van der Waals surface area contributed by atoms with E-state index < -0.39 is 16.1 Å². The van der Waals surface area contributed by atoms with Gasteiger partial charge in [0.2, 0.25) is 0 Å². The number of hydrogen-bond acceptors (Lipinski definition) is 0. The molecule has 0 aliphatic heterocycles. The Morgan fingerprint density at radius 3 is 1.64 bits per heavy atom. The molecule has 0 bridgehead atoms. The van der Waals surface area contributed by atoms with Gasteiger partial charge in [-0.15, -0.1) is 0 Å². The van der Waals surface area contributed by atoms with Crippen LogP contribution in [0.25, 0.3) is 0 Å². The largest absolute Gasteiger partial charge is 0.161 e. The first-order valence-electron chi connectivity index (χ1n) is 13.4. The van der Waals surface area contributed by atoms with Crippen molar-refractivity contribution < 1.29 is 0 Å². The van der Waals surface area contributed by atoms with Gasteiger partial charge in [-0.3, -0.25) is 0 Å². The van der Waals surface area contributed by atoms with Crippen LogP contribution in [0.2, 0.25) is 24.7 Å². The summed E-state index contributed by atoms with van der Waals surface area (Å²) in [5.74, 6) is 0. The SMILES string of the molecule is CC1=CC(C)([Si](c2ccccc2)(c2cc(C)cc([Si](C)(C)C)c2)c2cc(C)c(C)c(C)c2)C(C)=C1C. The Hall–Kier alpha value is -2.43. The molecule has 1 aliphatic rings. The van der Waals surface area contributed by atoms with Gasteiger partial charge >= 0.3 is 0 Å². The Balaban J connectivity index is 2.29. The molecule has 2 unspecified atom stereocenters. The second-order valence-electron chi connectivity index (χ2n) is 12.5. The summed E-state index contributed by atoms with van der Waals surface area (Å²) >= 11 is 0. The molecule has 0 saturated carbocycles. The third kappa shape index (κ3) is 4.03. The van der Waals surface area contributed by atoms with Crippen molar-refractivity contribution >= 4 is 36.9 Å². The molecule has 3 aromatic rings. The summed E-state index contributed by atoms with van der Waals surface area (Å²) < 4.78 is 0. The van der Waals surface area contributed by atoms with Gasteiger partial charge in [-0.1, -0.05) is 115 Å². The topological polar surface area (TPSA) is 0 Å². The minimum atomic E-state index is -2.60. The molecular formula is C34H44Si2. The Morgan fingerprint density at radius 1 is 0.611 bits per heavy atom. The van der Waals surface area contributed by atoms with E-state index in [0.717, 1.165) is 0 Å². The van der Waals surface area contributed by atoms with Crippen molar-refractivity contribution in [3.63, 3.8) is 0 Å². The molecule has 0 aromatic heterocycles. The molecular weight excluding hydrogens is 465 g/mol. The van der Waals surface area contributed by atoms with E-state index in [1.807, 2.05) is 0 Å². The van der Waals surface area contributed by atoms with Crippen LogP contribution in [-0.2, 0) is 0 Å². The molecule has 0 amide bonds. The summed E-state index contributed by atoms with van der Waals surface area (Å²) in [7, 11) is -4.12. The molecule has 0 radical (unpaired) electrons. The van der Waals surface area contributed by atoms with Crippen LogP contribution in [-0.4, -0.2) is 16.1 Å². The van der Waals surface area contributed by atoms with E-state index in [4.69, 9.17) is 0 Å². The van der Waals surface area contributed by atoms with E-state index in [1.165, 1.54) is 49.3 Å². The second-order valence-corrected chi connectivity index (χ2v) is 21.8. The van der Waals surface area contributed by atoms with Gasteiger partial charge in [-0.05, 0) is 86.3 Å². The Bertz CT molecular complexity index is 1360. The lowest BCUT2D eigenvalue weighted by Gasteiger charge is -2.48. The second kappa shape index (κ2) is 9.15. The van der Waals surface area contributed by atoms with E-state index in [9.17, 15) is 0 Å².